The van der Waals surface area contributed by atoms with E-state index in [0.29, 0.717) is 44.1 Å². The maximum absolute atomic E-state index is 13.7. The monoisotopic (exact) mass is 593 g/mol. The molecule has 1 aliphatic heterocycles. The number of carbonyl (C=O) groups is 1. The lowest BCUT2D eigenvalue weighted by Crippen LogP contribution is -2.27. The van der Waals surface area contributed by atoms with Gasteiger partial charge in [0.15, 0.2) is 15.8 Å². The van der Waals surface area contributed by atoms with Crippen molar-refractivity contribution in [3.05, 3.63) is 105 Å². The van der Waals surface area contributed by atoms with Gasteiger partial charge in [-0.15, -0.1) is 0 Å². The van der Waals surface area contributed by atoms with Gasteiger partial charge in [-0.05, 0) is 81.2 Å². The second-order valence-corrected chi connectivity index (χ2v) is 10.7. The quantitative estimate of drug-likeness (QED) is 0.160. The Morgan fingerprint density at radius 1 is 1.03 bits per heavy atom. The number of carbonyl (C=O) groups excluding carboxylic acids is 1. The molecule has 1 amide bonds. The maximum atomic E-state index is 13.7. The van der Waals surface area contributed by atoms with E-state index < -0.39 is 5.82 Å². The summed E-state index contributed by atoms with van der Waals surface area (Å²) < 4.78 is 26.9. The van der Waals surface area contributed by atoms with Crippen LogP contribution >= 0.6 is 39.9 Å². The molecule has 1 fully saturated rings. The minimum Gasteiger partial charge on any atom is -0.490 e. The predicted molar refractivity (Wildman–Crippen MR) is 156 cm³/mol. The number of amides is 1. The van der Waals surface area contributed by atoms with Gasteiger partial charge in [0, 0.05) is 0 Å². The zero-order chi connectivity index (χ0) is 25.9. The summed E-state index contributed by atoms with van der Waals surface area (Å²) in [6.45, 7) is 2.72. The number of thiocarbonyl (C=S) groups is 1. The Bertz CT molecular complexity index is 1550. The van der Waals surface area contributed by atoms with Crippen LogP contribution in [0.25, 0.3) is 16.8 Å². The Morgan fingerprint density at radius 3 is 2.62 bits per heavy atom. The van der Waals surface area contributed by atoms with Crippen LogP contribution in [0.5, 0.6) is 11.5 Å². The smallest absolute Gasteiger partial charge is 0.270 e. The first-order valence-corrected chi connectivity index (χ1v) is 13.6. The zero-order valence-corrected chi connectivity index (χ0v) is 23.0. The van der Waals surface area contributed by atoms with Gasteiger partial charge in [-0.25, -0.2) is 4.39 Å². The molecule has 1 saturated heterocycles. The number of ether oxygens (including phenoxy) is 2. The van der Waals surface area contributed by atoms with E-state index in [2.05, 4.69) is 34.1 Å². The van der Waals surface area contributed by atoms with Crippen LogP contribution in [-0.2, 0) is 11.4 Å². The average molecular weight is 595 g/mol. The van der Waals surface area contributed by atoms with E-state index in [0.717, 1.165) is 21.9 Å². The van der Waals surface area contributed by atoms with E-state index in [4.69, 9.17) is 21.7 Å². The lowest BCUT2D eigenvalue weighted by atomic mass is 10.1. The molecule has 5 rings (SSSR count). The fraction of sp³-hybridized carbons (Fsp3) is 0.103. The van der Waals surface area contributed by atoms with Gasteiger partial charge < -0.3 is 9.47 Å². The summed E-state index contributed by atoms with van der Waals surface area (Å²) in [4.78, 5) is 14.9. The molecule has 0 saturated carbocycles. The second-order valence-electron chi connectivity index (χ2n) is 8.19. The van der Waals surface area contributed by atoms with Crippen molar-refractivity contribution in [3.8, 4) is 11.5 Å². The van der Waals surface area contributed by atoms with E-state index in [9.17, 15) is 9.18 Å². The highest BCUT2D eigenvalue weighted by Crippen LogP contribution is 2.41. The van der Waals surface area contributed by atoms with Crippen LogP contribution in [0.4, 0.5) is 10.1 Å². The average Bonchev–Trinajstić information content (AvgIpc) is 3.16. The first kappa shape index (κ1) is 25.4. The van der Waals surface area contributed by atoms with Gasteiger partial charge in [0.2, 0.25) is 0 Å². The van der Waals surface area contributed by atoms with Gasteiger partial charge in [-0.3, -0.25) is 9.69 Å². The van der Waals surface area contributed by atoms with Crippen LogP contribution in [0.3, 0.4) is 0 Å². The molecule has 8 heteroatoms. The third-order valence-corrected chi connectivity index (χ3v) is 7.63. The van der Waals surface area contributed by atoms with Crippen molar-refractivity contribution in [2.75, 3.05) is 11.5 Å². The van der Waals surface area contributed by atoms with Crippen molar-refractivity contribution < 1.29 is 18.7 Å². The number of hydrogen-bond donors (Lipinski definition) is 0. The zero-order valence-electron chi connectivity index (χ0n) is 19.7. The van der Waals surface area contributed by atoms with Crippen molar-refractivity contribution in [2.45, 2.75) is 13.5 Å². The molecule has 0 N–H and O–H groups in total. The highest BCUT2D eigenvalue weighted by atomic mass is 79.9. The molecule has 0 spiro atoms. The number of anilines is 1. The van der Waals surface area contributed by atoms with Gasteiger partial charge >= 0.3 is 0 Å². The van der Waals surface area contributed by atoms with Crippen LogP contribution < -0.4 is 14.4 Å². The molecular weight excluding hydrogens is 573 g/mol. The van der Waals surface area contributed by atoms with E-state index >= 15 is 0 Å². The molecule has 1 heterocycles. The molecule has 0 unspecified atom stereocenters. The highest BCUT2D eigenvalue weighted by molar-refractivity contribution is 9.10. The van der Waals surface area contributed by atoms with Crippen LogP contribution in [0.2, 0.25) is 0 Å². The van der Waals surface area contributed by atoms with Gasteiger partial charge in [-0.1, -0.05) is 72.5 Å². The molecular formula is C29H21BrFNO3S2. The highest BCUT2D eigenvalue weighted by Gasteiger charge is 2.33. The number of hydrogen-bond acceptors (Lipinski definition) is 5. The summed E-state index contributed by atoms with van der Waals surface area (Å²) in [5.41, 5.74) is 2.21. The number of halogens is 2. The van der Waals surface area contributed by atoms with Crippen molar-refractivity contribution in [2.24, 2.45) is 0 Å². The van der Waals surface area contributed by atoms with Gasteiger partial charge in [-0.2, -0.15) is 0 Å². The maximum Gasteiger partial charge on any atom is 0.270 e. The Hall–Kier alpha value is -3.20. The van der Waals surface area contributed by atoms with E-state index in [1.165, 1.54) is 28.8 Å². The Labute approximate surface area is 232 Å². The summed E-state index contributed by atoms with van der Waals surface area (Å²) in [6.07, 6.45) is 1.75. The number of thioether (sulfide) groups is 1. The second kappa shape index (κ2) is 11.0. The molecule has 0 radical (unpaired) electrons. The molecule has 4 aromatic rings. The van der Waals surface area contributed by atoms with Crippen LogP contribution in [0.1, 0.15) is 18.1 Å². The van der Waals surface area contributed by atoms with Crippen molar-refractivity contribution in [1.82, 2.24) is 0 Å². The largest absolute Gasteiger partial charge is 0.490 e. The third kappa shape index (κ3) is 5.42. The topological polar surface area (TPSA) is 38.8 Å². The van der Waals surface area contributed by atoms with Crippen LogP contribution in [-0.4, -0.2) is 16.8 Å². The molecule has 0 bridgehead atoms. The lowest BCUT2D eigenvalue weighted by Gasteiger charge is -2.16. The van der Waals surface area contributed by atoms with Crippen molar-refractivity contribution >= 4 is 72.7 Å². The Kier molecular flexibility index (Phi) is 7.60. The molecule has 4 aromatic carbocycles. The molecule has 186 valence electrons. The summed E-state index contributed by atoms with van der Waals surface area (Å²) in [6, 6.07) is 23.9. The first-order chi connectivity index (χ1) is 17.9. The lowest BCUT2D eigenvalue weighted by molar-refractivity contribution is -0.113. The van der Waals surface area contributed by atoms with E-state index in [-0.39, 0.29) is 5.91 Å². The Morgan fingerprint density at radius 2 is 1.81 bits per heavy atom. The number of fused-ring (bicyclic) bond motifs is 1. The molecule has 1 aliphatic rings. The summed E-state index contributed by atoms with van der Waals surface area (Å²) in [5.74, 6) is 0.411. The minimum absolute atomic E-state index is 0.300. The first-order valence-electron chi connectivity index (χ1n) is 11.5. The number of benzene rings is 4. The summed E-state index contributed by atoms with van der Waals surface area (Å²) in [5, 5.41) is 2.29. The van der Waals surface area contributed by atoms with Gasteiger partial charge in [0.05, 0.1) is 21.7 Å². The minimum atomic E-state index is -0.431. The molecule has 4 nitrogen and oxygen atoms in total. The SMILES string of the molecule is CCOc1cc(/C=C2\SC(=S)N(c3cccc(F)c3)C2=O)cc(Br)c1OCc1cccc2ccccc12. The van der Waals surface area contributed by atoms with Crippen LogP contribution in [0.15, 0.2) is 88.2 Å². The standard InChI is InChI=1S/C29H21BrFNO3S2/c1-2-34-25-14-18(15-26-28(33)32(29(36)37-26)22-11-6-10-21(31)16-22)13-24(30)27(25)35-17-20-9-5-8-19-7-3-4-12-23(19)20/h3-16H,2,17H2,1H3/b26-15-. The van der Waals surface area contributed by atoms with E-state index in [1.54, 1.807) is 18.2 Å². The molecule has 0 atom stereocenters. The number of rotatable bonds is 7. The van der Waals surface area contributed by atoms with Crippen molar-refractivity contribution in [3.63, 3.8) is 0 Å². The third-order valence-electron chi connectivity index (χ3n) is 5.74. The Balaban J connectivity index is 1.42. The molecule has 37 heavy (non-hydrogen) atoms. The van der Waals surface area contributed by atoms with Crippen molar-refractivity contribution in [1.29, 1.82) is 0 Å². The molecule has 0 aliphatic carbocycles. The van der Waals surface area contributed by atoms with E-state index in [1.807, 2.05) is 43.3 Å². The van der Waals surface area contributed by atoms with Gasteiger partial charge in [0.25, 0.3) is 5.91 Å². The summed E-state index contributed by atoms with van der Waals surface area (Å²) >= 11 is 10.2. The fourth-order valence-electron chi connectivity index (χ4n) is 4.10. The predicted octanol–water partition coefficient (Wildman–Crippen LogP) is 8.12. The van der Waals surface area contributed by atoms with Gasteiger partial charge in [0.1, 0.15) is 12.4 Å². The molecule has 0 aromatic heterocycles. The summed E-state index contributed by atoms with van der Waals surface area (Å²) in [7, 11) is 0. The number of nitrogens with zero attached hydrogens (tertiary/aromatic N) is 1. The fourth-order valence-corrected chi connectivity index (χ4v) is 5.97. The van der Waals surface area contributed by atoms with Crippen LogP contribution in [0, 0.1) is 5.82 Å². The normalized spacial score (nSPS) is 14.6.